The van der Waals surface area contributed by atoms with Crippen molar-refractivity contribution in [2.24, 2.45) is 10.9 Å². The molecule has 0 aromatic carbocycles. The number of rotatable bonds is 7. The largest absolute Gasteiger partial charge is 0.357 e. The third-order valence-electron chi connectivity index (χ3n) is 3.76. The Kier molecular flexibility index (Phi) is 11.6. The third-order valence-corrected chi connectivity index (χ3v) is 3.76. The van der Waals surface area contributed by atoms with Crippen LogP contribution in [0.25, 0.3) is 0 Å². The maximum absolute atomic E-state index is 4.75. The van der Waals surface area contributed by atoms with Gasteiger partial charge in [-0.1, -0.05) is 13.8 Å². The van der Waals surface area contributed by atoms with Gasteiger partial charge in [0, 0.05) is 25.7 Å². The van der Waals surface area contributed by atoms with E-state index in [9.17, 15) is 0 Å². The zero-order valence-corrected chi connectivity index (χ0v) is 15.9. The van der Waals surface area contributed by atoms with Gasteiger partial charge in [0.1, 0.15) is 0 Å². The molecule has 20 heavy (non-hydrogen) atoms. The molecule has 2 unspecified atom stereocenters. The lowest BCUT2D eigenvalue weighted by Crippen LogP contribution is -2.42. The molecule has 1 heterocycles. The maximum Gasteiger partial charge on any atom is 0.191 e. The van der Waals surface area contributed by atoms with Crippen LogP contribution in [0.3, 0.4) is 0 Å². The highest BCUT2D eigenvalue weighted by Crippen LogP contribution is 2.16. The van der Waals surface area contributed by atoms with E-state index in [4.69, 9.17) is 4.99 Å². The molecular formula is C15H33IN4. The van der Waals surface area contributed by atoms with E-state index in [0.717, 1.165) is 31.4 Å². The number of nitrogens with zero attached hydrogens (tertiary/aromatic N) is 2. The van der Waals surface area contributed by atoms with E-state index in [0.29, 0.717) is 6.04 Å². The molecule has 1 fully saturated rings. The second-order valence-corrected chi connectivity index (χ2v) is 5.63. The summed E-state index contributed by atoms with van der Waals surface area (Å²) in [5.74, 6) is 1.71. The number of guanidine groups is 1. The molecule has 1 rings (SSSR count). The minimum Gasteiger partial charge on any atom is -0.357 e. The molecule has 0 amide bonds. The average Bonchev–Trinajstić information content (AvgIpc) is 2.84. The van der Waals surface area contributed by atoms with E-state index < -0.39 is 0 Å². The summed E-state index contributed by atoms with van der Waals surface area (Å²) >= 11 is 0. The fraction of sp³-hybridized carbons (Fsp3) is 0.933. The highest BCUT2D eigenvalue weighted by Gasteiger charge is 2.21. The van der Waals surface area contributed by atoms with Gasteiger partial charge in [-0.15, -0.1) is 24.0 Å². The van der Waals surface area contributed by atoms with E-state index in [1.807, 2.05) is 0 Å². The van der Waals surface area contributed by atoms with Crippen molar-refractivity contribution in [1.82, 2.24) is 15.5 Å². The SMILES string of the molecule is CCCN1CCC(CN=C(NCC)NC(C)CC)C1.I. The molecule has 2 atom stereocenters. The fourth-order valence-electron chi connectivity index (χ4n) is 2.46. The van der Waals surface area contributed by atoms with Crippen molar-refractivity contribution in [1.29, 1.82) is 0 Å². The second kappa shape index (κ2) is 11.6. The van der Waals surface area contributed by atoms with Crippen molar-refractivity contribution in [3.8, 4) is 0 Å². The summed E-state index contributed by atoms with van der Waals surface area (Å²) in [4.78, 5) is 7.31. The van der Waals surface area contributed by atoms with Gasteiger partial charge >= 0.3 is 0 Å². The lowest BCUT2D eigenvalue weighted by atomic mass is 10.1. The number of nitrogens with one attached hydrogen (secondary N) is 2. The van der Waals surface area contributed by atoms with Crippen LogP contribution in [0.5, 0.6) is 0 Å². The van der Waals surface area contributed by atoms with Crippen molar-refractivity contribution in [2.75, 3.05) is 32.7 Å². The van der Waals surface area contributed by atoms with Crippen molar-refractivity contribution < 1.29 is 0 Å². The van der Waals surface area contributed by atoms with E-state index in [1.54, 1.807) is 0 Å². The number of likely N-dealkylation sites (tertiary alicyclic amines) is 1. The Labute approximate surface area is 142 Å². The number of halogens is 1. The lowest BCUT2D eigenvalue weighted by Gasteiger charge is -2.17. The highest BCUT2D eigenvalue weighted by molar-refractivity contribution is 14.0. The molecule has 0 radical (unpaired) electrons. The van der Waals surface area contributed by atoms with Crippen LogP contribution < -0.4 is 10.6 Å². The molecule has 0 aromatic rings. The first-order chi connectivity index (χ1) is 9.19. The van der Waals surface area contributed by atoms with Gasteiger partial charge in [-0.05, 0) is 52.1 Å². The number of aliphatic imine (C=N–C) groups is 1. The molecule has 0 aliphatic carbocycles. The molecule has 5 heteroatoms. The van der Waals surface area contributed by atoms with Crippen LogP contribution in [0.2, 0.25) is 0 Å². The molecule has 0 aromatic heterocycles. The van der Waals surface area contributed by atoms with E-state index >= 15 is 0 Å². The normalized spacial score (nSPS) is 21.4. The molecule has 0 spiro atoms. The quantitative estimate of drug-likeness (QED) is 0.395. The van der Waals surface area contributed by atoms with Crippen LogP contribution in [0.15, 0.2) is 4.99 Å². The average molecular weight is 396 g/mol. The van der Waals surface area contributed by atoms with Crippen LogP contribution in [0, 0.1) is 5.92 Å². The van der Waals surface area contributed by atoms with Gasteiger partial charge in [-0.2, -0.15) is 0 Å². The Balaban J connectivity index is 0.00000361. The van der Waals surface area contributed by atoms with Gasteiger partial charge in [0.2, 0.25) is 0 Å². The standard InChI is InChI=1S/C15H32N4.HI/c1-5-9-19-10-8-14(12-19)11-17-15(16-7-3)18-13(4)6-2;/h13-14H,5-12H2,1-4H3,(H2,16,17,18);1H. The predicted octanol–water partition coefficient (Wildman–Crippen LogP) is 2.69. The van der Waals surface area contributed by atoms with Gasteiger partial charge in [-0.25, -0.2) is 0 Å². The van der Waals surface area contributed by atoms with Crippen LogP contribution in [0.4, 0.5) is 0 Å². The van der Waals surface area contributed by atoms with E-state index in [2.05, 4.69) is 43.2 Å². The summed E-state index contributed by atoms with van der Waals surface area (Å²) in [6, 6.07) is 0.484. The monoisotopic (exact) mass is 396 g/mol. The van der Waals surface area contributed by atoms with Crippen LogP contribution >= 0.6 is 24.0 Å². The first kappa shape index (κ1) is 20.0. The van der Waals surface area contributed by atoms with Gasteiger partial charge in [0.05, 0.1) is 0 Å². The fourth-order valence-corrected chi connectivity index (χ4v) is 2.46. The van der Waals surface area contributed by atoms with Gasteiger partial charge in [-0.3, -0.25) is 4.99 Å². The lowest BCUT2D eigenvalue weighted by molar-refractivity contribution is 0.326. The smallest absolute Gasteiger partial charge is 0.191 e. The van der Waals surface area contributed by atoms with Crippen molar-refractivity contribution in [2.45, 2.75) is 53.0 Å². The number of hydrogen-bond acceptors (Lipinski definition) is 2. The Bertz CT molecular complexity index is 271. The molecule has 0 bridgehead atoms. The third kappa shape index (κ3) is 7.67. The van der Waals surface area contributed by atoms with Crippen molar-refractivity contribution >= 4 is 29.9 Å². The maximum atomic E-state index is 4.75. The Morgan fingerprint density at radius 1 is 1.35 bits per heavy atom. The van der Waals surface area contributed by atoms with Crippen LogP contribution in [0.1, 0.15) is 47.0 Å². The summed E-state index contributed by atoms with van der Waals surface area (Å²) in [6.45, 7) is 14.4. The van der Waals surface area contributed by atoms with Crippen LogP contribution in [-0.2, 0) is 0 Å². The molecule has 1 aliphatic heterocycles. The molecule has 1 aliphatic rings. The Morgan fingerprint density at radius 2 is 2.10 bits per heavy atom. The van der Waals surface area contributed by atoms with Crippen LogP contribution in [-0.4, -0.2) is 49.6 Å². The second-order valence-electron chi connectivity index (χ2n) is 5.63. The minimum atomic E-state index is 0. The highest BCUT2D eigenvalue weighted by atomic mass is 127. The van der Waals surface area contributed by atoms with Gasteiger partial charge in [0.15, 0.2) is 5.96 Å². The van der Waals surface area contributed by atoms with Gasteiger partial charge in [0.25, 0.3) is 0 Å². The van der Waals surface area contributed by atoms with E-state index in [1.165, 1.54) is 32.5 Å². The molecular weight excluding hydrogens is 363 g/mol. The Morgan fingerprint density at radius 3 is 2.70 bits per heavy atom. The molecule has 0 saturated carbocycles. The topological polar surface area (TPSA) is 39.7 Å². The minimum absolute atomic E-state index is 0. The summed E-state index contributed by atoms with van der Waals surface area (Å²) in [6.07, 6.45) is 3.68. The number of hydrogen-bond donors (Lipinski definition) is 2. The summed E-state index contributed by atoms with van der Waals surface area (Å²) in [5, 5.41) is 6.79. The first-order valence-corrected chi connectivity index (χ1v) is 7.96. The summed E-state index contributed by atoms with van der Waals surface area (Å²) < 4.78 is 0. The zero-order valence-electron chi connectivity index (χ0n) is 13.6. The summed E-state index contributed by atoms with van der Waals surface area (Å²) in [5.41, 5.74) is 0. The summed E-state index contributed by atoms with van der Waals surface area (Å²) in [7, 11) is 0. The van der Waals surface area contributed by atoms with Gasteiger partial charge < -0.3 is 15.5 Å². The zero-order chi connectivity index (χ0) is 14.1. The molecule has 2 N–H and O–H groups in total. The predicted molar refractivity (Wildman–Crippen MR) is 99.1 cm³/mol. The Hall–Kier alpha value is -0.0400. The molecule has 120 valence electrons. The molecule has 1 saturated heterocycles. The molecule has 4 nitrogen and oxygen atoms in total. The van der Waals surface area contributed by atoms with Crippen molar-refractivity contribution in [3.63, 3.8) is 0 Å². The van der Waals surface area contributed by atoms with Crippen molar-refractivity contribution in [3.05, 3.63) is 0 Å². The first-order valence-electron chi connectivity index (χ1n) is 7.96. The van der Waals surface area contributed by atoms with E-state index in [-0.39, 0.29) is 24.0 Å².